The topological polar surface area (TPSA) is 61.1 Å². The van der Waals surface area contributed by atoms with Gasteiger partial charge in [-0.3, -0.25) is 4.79 Å². The van der Waals surface area contributed by atoms with Gasteiger partial charge in [0.15, 0.2) is 5.78 Å². The van der Waals surface area contributed by atoms with Crippen molar-refractivity contribution in [3.05, 3.63) is 77.9 Å². The van der Waals surface area contributed by atoms with Gasteiger partial charge in [-0.15, -0.1) is 0 Å². The van der Waals surface area contributed by atoms with Gasteiger partial charge in [0.25, 0.3) is 0 Å². The zero-order valence-corrected chi connectivity index (χ0v) is 20.7. The highest BCUT2D eigenvalue weighted by Gasteiger charge is 2.23. The summed E-state index contributed by atoms with van der Waals surface area (Å²) < 4.78 is 21.9. The second-order valence-corrected chi connectivity index (χ2v) is 8.46. The van der Waals surface area contributed by atoms with E-state index in [1.54, 1.807) is 51.7 Å². The minimum absolute atomic E-state index is 0.123. The summed E-state index contributed by atoms with van der Waals surface area (Å²) in [4.78, 5) is 15.8. The molecule has 1 saturated heterocycles. The largest absolute Gasteiger partial charge is 0.497 e. The lowest BCUT2D eigenvalue weighted by atomic mass is 9.97. The number of ketones is 1. The molecule has 6 nitrogen and oxygen atoms in total. The molecule has 0 amide bonds. The highest BCUT2D eigenvalue weighted by molar-refractivity contribution is 6.19. The summed E-state index contributed by atoms with van der Waals surface area (Å²) in [6.07, 6.45) is 2.83. The summed E-state index contributed by atoms with van der Waals surface area (Å²) in [6.45, 7) is 2.64. The van der Waals surface area contributed by atoms with Crippen LogP contribution in [-0.4, -0.2) is 52.1 Å². The lowest BCUT2D eigenvalue weighted by Gasteiger charge is -2.06. The molecule has 0 N–H and O–H groups in total. The third-order valence-electron chi connectivity index (χ3n) is 6.16. The van der Waals surface area contributed by atoms with Gasteiger partial charge in [0, 0.05) is 22.6 Å². The highest BCUT2D eigenvalue weighted by Crippen LogP contribution is 2.37. The van der Waals surface area contributed by atoms with Crippen LogP contribution in [0.1, 0.15) is 28.8 Å². The molecule has 0 aliphatic carbocycles. The van der Waals surface area contributed by atoms with Crippen LogP contribution in [0.2, 0.25) is 0 Å². The first kappa shape index (κ1) is 24.4. The number of methoxy groups -OCH3 is 3. The van der Waals surface area contributed by atoms with Crippen LogP contribution in [-0.2, 0) is 0 Å². The van der Waals surface area contributed by atoms with E-state index in [1.807, 2.05) is 36.4 Å². The number of fused-ring (bicyclic) bond motifs is 1. The van der Waals surface area contributed by atoms with E-state index in [9.17, 15) is 4.79 Å². The Morgan fingerprint density at radius 2 is 1.31 bits per heavy atom. The van der Waals surface area contributed by atoms with Gasteiger partial charge in [0.1, 0.15) is 28.6 Å². The molecule has 35 heavy (non-hydrogen) atoms. The van der Waals surface area contributed by atoms with Crippen molar-refractivity contribution in [3.8, 4) is 28.6 Å². The first-order chi connectivity index (χ1) is 17.0. The van der Waals surface area contributed by atoms with Crippen LogP contribution in [0, 0.1) is 0 Å². The molecule has 6 heteroatoms. The molecule has 0 spiro atoms. The smallest absolute Gasteiger partial charge is 0.197 e. The standard InChI is InChI=1S/C24H20O5.C5H11N/c1-26-17-8-4-15(5-9-17)23(25)22-20-13-12-19(28-3)14-21(20)29-24(22)16-6-10-18(27-2)11-7-16;1-6-4-2-3-5-6/h4-14H,1-3H3;2-5H2,1H3. The molecule has 1 aromatic heterocycles. The maximum absolute atomic E-state index is 13.4. The summed E-state index contributed by atoms with van der Waals surface area (Å²) >= 11 is 0. The Bertz CT molecular complexity index is 1270. The van der Waals surface area contributed by atoms with Crippen molar-refractivity contribution in [2.45, 2.75) is 12.8 Å². The van der Waals surface area contributed by atoms with E-state index in [0.717, 1.165) is 16.7 Å². The number of benzene rings is 3. The van der Waals surface area contributed by atoms with E-state index in [0.29, 0.717) is 34.0 Å². The van der Waals surface area contributed by atoms with Crippen LogP contribution in [0.15, 0.2) is 71.1 Å². The molecule has 2 heterocycles. The molecule has 182 valence electrons. The molecular weight excluding hydrogens is 442 g/mol. The maximum Gasteiger partial charge on any atom is 0.197 e. The fraction of sp³-hybridized carbons (Fsp3) is 0.276. The normalized spacial score (nSPS) is 13.3. The number of rotatable bonds is 6. The zero-order valence-electron chi connectivity index (χ0n) is 20.7. The molecule has 1 aliphatic rings. The Morgan fingerprint density at radius 3 is 1.83 bits per heavy atom. The lowest BCUT2D eigenvalue weighted by Crippen LogP contribution is -2.10. The van der Waals surface area contributed by atoms with Crippen molar-refractivity contribution >= 4 is 16.8 Å². The van der Waals surface area contributed by atoms with Gasteiger partial charge in [-0.2, -0.15) is 0 Å². The van der Waals surface area contributed by atoms with Gasteiger partial charge >= 0.3 is 0 Å². The highest BCUT2D eigenvalue weighted by atomic mass is 16.5. The third kappa shape index (κ3) is 5.49. The van der Waals surface area contributed by atoms with Crippen molar-refractivity contribution in [2.75, 3.05) is 41.5 Å². The van der Waals surface area contributed by atoms with E-state index >= 15 is 0 Å². The third-order valence-corrected chi connectivity index (χ3v) is 6.16. The molecule has 0 unspecified atom stereocenters. The number of hydrogen-bond acceptors (Lipinski definition) is 6. The van der Waals surface area contributed by atoms with Gasteiger partial charge < -0.3 is 23.5 Å². The number of hydrogen-bond donors (Lipinski definition) is 0. The van der Waals surface area contributed by atoms with Crippen LogP contribution in [0.4, 0.5) is 0 Å². The van der Waals surface area contributed by atoms with Crippen molar-refractivity contribution in [1.82, 2.24) is 4.90 Å². The lowest BCUT2D eigenvalue weighted by molar-refractivity contribution is 0.104. The fourth-order valence-electron chi connectivity index (χ4n) is 4.14. The molecule has 1 fully saturated rings. The van der Waals surface area contributed by atoms with Gasteiger partial charge in [-0.1, -0.05) is 0 Å². The van der Waals surface area contributed by atoms with Gasteiger partial charge in [-0.25, -0.2) is 0 Å². The van der Waals surface area contributed by atoms with Gasteiger partial charge in [-0.05, 0) is 93.6 Å². The predicted molar refractivity (Wildman–Crippen MR) is 138 cm³/mol. The zero-order chi connectivity index (χ0) is 24.8. The number of ether oxygens (including phenoxy) is 3. The predicted octanol–water partition coefficient (Wildman–Crippen LogP) is 6.07. The van der Waals surface area contributed by atoms with E-state index in [4.69, 9.17) is 18.6 Å². The number of nitrogens with zero attached hydrogens (tertiary/aromatic N) is 1. The molecule has 5 rings (SSSR count). The van der Waals surface area contributed by atoms with Gasteiger partial charge in [0.05, 0.1) is 26.9 Å². The Balaban J connectivity index is 0.000000421. The molecule has 1 aliphatic heterocycles. The van der Waals surface area contributed by atoms with E-state index < -0.39 is 0 Å². The average Bonchev–Trinajstić information content (AvgIpc) is 3.54. The summed E-state index contributed by atoms with van der Waals surface area (Å²) in [6, 6.07) is 19.9. The Labute approximate surface area is 206 Å². The molecule has 0 saturated carbocycles. The summed E-state index contributed by atoms with van der Waals surface area (Å²) in [5.74, 6) is 2.48. The summed E-state index contributed by atoms with van der Waals surface area (Å²) in [5, 5.41) is 0.734. The van der Waals surface area contributed by atoms with Crippen LogP contribution < -0.4 is 14.2 Å². The minimum Gasteiger partial charge on any atom is -0.497 e. The van der Waals surface area contributed by atoms with Crippen LogP contribution in [0.3, 0.4) is 0 Å². The Morgan fingerprint density at radius 1 is 0.771 bits per heavy atom. The first-order valence-corrected chi connectivity index (χ1v) is 11.7. The molecule has 4 aromatic rings. The van der Waals surface area contributed by atoms with Crippen LogP contribution in [0.25, 0.3) is 22.3 Å². The second-order valence-electron chi connectivity index (χ2n) is 8.46. The molecule has 0 atom stereocenters. The fourth-order valence-corrected chi connectivity index (χ4v) is 4.14. The first-order valence-electron chi connectivity index (χ1n) is 11.7. The molecule has 0 radical (unpaired) electrons. The summed E-state index contributed by atoms with van der Waals surface area (Å²) in [5.41, 5.74) is 2.45. The van der Waals surface area contributed by atoms with Crippen molar-refractivity contribution in [3.63, 3.8) is 0 Å². The monoisotopic (exact) mass is 473 g/mol. The van der Waals surface area contributed by atoms with Crippen LogP contribution in [0.5, 0.6) is 17.2 Å². The number of carbonyl (C=O) groups excluding carboxylic acids is 1. The van der Waals surface area contributed by atoms with E-state index in [-0.39, 0.29) is 5.78 Å². The SMILES string of the molecule is CN1CCCC1.COc1ccc(C(=O)c2c(-c3ccc(OC)cc3)oc3cc(OC)ccc23)cc1. The number of furan rings is 1. The van der Waals surface area contributed by atoms with Crippen LogP contribution >= 0.6 is 0 Å². The molecular formula is C29H31NO5. The average molecular weight is 474 g/mol. The minimum atomic E-state index is -0.123. The maximum atomic E-state index is 13.4. The quantitative estimate of drug-likeness (QED) is 0.317. The van der Waals surface area contributed by atoms with E-state index in [1.165, 1.54) is 25.9 Å². The van der Waals surface area contributed by atoms with Crippen molar-refractivity contribution < 1.29 is 23.4 Å². The van der Waals surface area contributed by atoms with E-state index in [2.05, 4.69) is 11.9 Å². The van der Waals surface area contributed by atoms with Crippen molar-refractivity contribution in [2.24, 2.45) is 0 Å². The van der Waals surface area contributed by atoms with Crippen molar-refractivity contribution in [1.29, 1.82) is 0 Å². The summed E-state index contributed by atoms with van der Waals surface area (Å²) in [7, 11) is 6.97. The second kappa shape index (κ2) is 11.1. The molecule has 0 bridgehead atoms. The number of carbonyl (C=O) groups is 1. The molecule has 3 aromatic carbocycles. The Hall–Kier alpha value is -3.77. The van der Waals surface area contributed by atoms with Gasteiger partial charge in [0.2, 0.25) is 0 Å². The number of likely N-dealkylation sites (tertiary alicyclic amines) is 1. The Kier molecular flexibility index (Phi) is 7.73.